The third-order valence-electron chi connectivity index (χ3n) is 5.05. The minimum absolute atomic E-state index is 0.251. The molecule has 158 valence electrons. The number of carbonyl (C=O) groups is 1. The number of hydrogen-bond acceptors (Lipinski definition) is 6. The zero-order valence-corrected chi connectivity index (χ0v) is 18.7. The van der Waals surface area contributed by atoms with Crippen molar-refractivity contribution in [3.05, 3.63) is 95.6 Å². The van der Waals surface area contributed by atoms with Crippen LogP contribution < -0.4 is 19.6 Å². The SMILES string of the molecule is COC(=O)C1=C(C)N=c2s/c(=C\c3ccccc3Cl)c(=O)n2[C@H]1c1ccc(OC)cc1. The lowest BCUT2D eigenvalue weighted by Crippen LogP contribution is -2.39. The maximum absolute atomic E-state index is 13.4. The standard InChI is InChI=1S/C23H19ClN2O4S/c1-13-19(22(28)30-3)20(14-8-10-16(29-2)11-9-14)26-21(27)18(31-23(26)25-13)12-15-6-4-5-7-17(15)24/h4-12,20H,1-3H3/b18-12-/t20-/m0/s1. The third-order valence-corrected chi connectivity index (χ3v) is 6.38. The highest BCUT2D eigenvalue weighted by Crippen LogP contribution is 2.31. The van der Waals surface area contributed by atoms with E-state index >= 15 is 0 Å². The van der Waals surface area contributed by atoms with Crippen LogP contribution in [0.4, 0.5) is 0 Å². The predicted octanol–water partition coefficient (Wildman–Crippen LogP) is 3.07. The number of esters is 1. The van der Waals surface area contributed by atoms with Gasteiger partial charge in [0.1, 0.15) is 5.75 Å². The van der Waals surface area contributed by atoms with E-state index in [0.29, 0.717) is 31.4 Å². The van der Waals surface area contributed by atoms with Crippen molar-refractivity contribution in [1.29, 1.82) is 0 Å². The number of methoxy groups -OCH3 is 2. The quantitative estimate of drug-likeness (QED) is 0.568. The Kier molecular flexibility index (Phi) is 5.80. The topological polar surface area (TPSA) is 69.9 Å². The largest absolute Gasteiger partial charge is 0.497 e. The van der Waals surface area contributed by atoms with Crippen molar-refractivity contribution in [1.82, 2.24) is 4.57 Å². The van der Waals surface area contributed by atoms with E-state index in [4.69, 9.17) is 21.1 Å². The molecule has 1 aliphatic heterocycles. The first-order valence-corrected chi connectivity index (χ1v) is 10.6. The smallest absolute Gasteiger partial charge is 0.338 e. The fraction of sp³-hybridized carbons (Fsp3) is 0.174. The lowest BCUT2D eigenvalue weighted by molar-refractivity contribution is -0.136. The third kappa shape index (κ3) is 3.82. The van der Waals surface area contributed by atoms with Gasteiger partial charge in [0.05, 0.1) is 36.1 Å². The Balaban J connectivity index is 1.97. The molecule has 2 heterocycles. The number of aromatic nitrogens is 1. The van der Waals surface area contributed by atoms with E-state index in [1.54, 1.807) is 38.3 Å². The van der Waals surface area contributed by atoms with Gasteiger partial charge >= 0.3 is 5.97 Å². The zero-order valence-electron chi connectivity index (χ0n) is 17.1. The molecule has 31 heavy (non-hydrogen) atoms. The molecule has 0 aliphatic carbocycles. The van der Waals surface area contributed by atoms with Crippen LogP contribution in [-0.2, 0) is 9.53 Å². The molecular weight excluding hydrogens is 436 g/mol. The van der Waals surface area contributed by atoms with Gasteiger partial charge in [-0.05, 0) is 42.3 Å². The normalized spacial score (nSPS) is 16.0. The van der Waals surface area contributed by atoms with E-state index in [2.05, 4.69) is 4.99 Å². The summed E-state index contributed by atoms with van der Waals surface area (Å²) in [5.74, 6) is 0.151. The van der Waals surface area contributed by atoms with Crippen molar-refractivity contribution in [3.63, 3.8) is 0 Å². The van der Waals surface area contributed by atoms with E-state index < -0.39 is 12.0 Å². The molecule has 0 saturated carbocycles. The molecule has 6 nitrogen and oxygen atoms in total. The van der Waals surface area contributed by atoms with Gasteiger partial charge in [-0.25, -0.2) is 9.79 Å². The van der Waals surface area contributed by atoms with Crippen molar-refractivity contribution in [2.45, 2.75) is 13.0 Å². The average Bonchev–Trinajstić information content (AvgIpc) is 3.08. The number of carbonyl (C=O) groups excluding carboxylic acids is 1. The van der Waals surface area contributed by atoms with E-state index in [-0.39, 0.29) is 5.56 Å². The molecule has 0 saturated heterocycles. The highest BCUT2D eigenvalue weighted by molar-refractivity contribution is 7.07. The summed E-state index contributed by atoms with van der Waals surface area (Å²) < 4.78 is 12.3. The highest BCUT2D eigenvalue weighted by Gasteiger charge is 2.33. The van der Waals surface area contributed by atoms with Crippen LogP contribution in [0.1, 0.15) is 24.1 Å². The Morgan fingerprint density at radius 3 is 2.52 bits per heavy atom. The molecule has 0 spiro atoms. The molecule has 0 bridgehead atoms. The van der Waals surface area contributed by atoms with Crippen molar-refractivity contribution in [2.24, 2.45) is 4.99 Å². The van der Waals surface area contributed by atoms with Gasteiger partial charge in [0.2, 0.25) is 0 Å². The van der Waals surface area contributed by atoms with Crippen LogP contribution in [0.25, 0.3) is 6.08 Å². The van der Waals surface area contributed by atoms with Gasteiger partial charge in [-0.15, -0.1) is 0 Å². The summed E-state index contributed by atoms with van der Waals surface area (Å²) in [5.41, 5.74) is 2.07. The van der Waals surface area contributed by atoms with E-state index in [1.807, 2.05) is 30.3 Å². The Hall–Kier alpha value is -3.16. The van der Waals surface area contributed by atoms with Crippen LogP contribution in [0.3, 0.4) is 0 Å². The van der Waals surface area contributed by atoms with Crippen molar-refractivity contribution in [2.75, 3.05) is 14.2 Å². The average molecular weight is 455 g/mol. The summed E-state index contributed by atoms with van der Waals surface area (Å²) in [7, 11) is 2.90. The lowest BCUT2D eigenvalue weighted by Gasteiger charge is -2.24. The molecular formula is C23H19ClN2O4S. The molecule has 1 aromatic heterocycles. The maximum atomic E-state index is 13.4. The number of rotatable bonds is 4. The summed E-state index contributed by atoms with van der Waals surface area (Å²) >= 11 is 7.53. The summed E-state index contributed by atoms with van der Waals surface area (Å²) in [6, 6.07) is 13.9. The molecule has 0 amide bonds. The van der Waals surface area contributed by atoms with Crippen molar-refractivity contribution < 1.29 is 14.3 Å². The van der Waals surface area contributed by atoms with Crippen molar-refractivity contribution in [3.8, 4) is 5.75 Å². The molecule has 1 aliphatic rings. The van der Waals surface area contributed by atoms with Crippen LogP contribution in [0.2, 0.25) is 5.02 Å². The summed E-state index contributed by atoms with van der Waals surface area (Å²) in [6.07, 6.45) is 1.74. The van der Waals surface area contributed by atoms with Crippen LogP contribution in [0.15, 0.2) is 69.6 Å². The minimum atomic E-state index is -0.664. The van der Waals surface area contributed by atoms with Gasteiger partial charge < -0.3 is 9.47 Å². The Morgan fingerprint density at radius 2 is 1.87 bits per heavy atom. The number of fused-ring (bicyclic) bond motifs is 1. The van der Waals surface area contributed by atoms with Gasteiger partial charge in [-0.3, -0.25) is 9.36 Å². The van der Waals surface area contributed by atoms with Crippen LogP contribution in [0, 0.1) is 0 Å². The fourth-order valence-corrected chi connectivity index (χ4v) is 4.76. The molecule has 3 aromatic rings. The lowest BCUT2D eigenvalue weighted by atomic mass is 9.96. The number of benzene rings is 2. The number of allylic oxidation sites excluding steroid dienone is 1. The van der Waals surface area contributed by atoms with Gasteiger partial charge in [-0.2, -0.15) is 0 Å². The second kappa shape index (κ2) is 8.53. The number of halogens is 1. The molecule has 0 fully saturated rings. The van der Waals surface area contributed by atoms with Gasteiger partial charge in [0.15, 0.2) is 4.80 Å². The number of ether oxygens (including phenoxy) is 2. The van der Waals surface area contributed by atoms with Crippen LogP contribution in [0.5, 0.6) is 5.75 Å². The van der Waals surface area contributed by atoms with Crippen molar-refractivity contribution >= 4 is 35.0 Å². The molecule has 1 atom stereocenters. The molecule has 2 aromatic carbocycles. The molecule has 0 radical (unpaired) electrons. The Morgan fingerprint density at radius 1 is 1.16 bits per heavy atom. The van der Waals surface area contributed by atoms with Gasteiger partial charge in [0, 0.05) is 5.02 Å². The monoisotopic (exact) mass is 454 g/mol. The molecule has 0 N–H and O–H groups in total. The number of nitrogens with zero attached hydrogens (tertiary/aromatic N) is 2. The van der Waals surface area contributed by atoms with E-state index in [0.717, 1.165) is 11.1 Å². The Labute approximate surface area is 187 Å². The second-order valence-electron chi connectivity index (χ2n) is 6.87. The first kappa shape index (κ1) is 21.1. The summed E-state index contributed by atoms with van der Waals surface area (Å²) in [5, 5.41) is 0.548. The summed E-state index contributed by atoms with van der Waals surface area (Å²) in [6.45, 7) is 1.74. The maximum Gasteiger partial charge on any atom is 0.338 e. The van der Waals surface area contributed by atoms with Gasteiger partial charge in [0.25, 0.3) is 5.56 Å². The molecule has 0 unspecified atom stereocenters. The molecule has 8 heteroatoms. The number of hydrogen-bond donors (Lipinski definition) is 0. The second-order valence-corrected chi connectivity index (χ2v) is 8.28. The zero-order chi connectivity index (χ0) is 22.1. The highest BCUT2D eigenvalue weighted by atomic mass is 35.5. The first-order chi connectivity index (χ1) is 14.9. The number of thiazole rings is 1. The van der Waals surface area contributed by atoms with Crippen LogP contribution >= 0.6 is 22.9 Å². The van der Waals surface area contributed by atoms with Crippen LogP contribution in [-0.4, -0.2) is 24.8 Å². The van der Waals surface area contributed by atoms with Gasteiger partial charge in [-0.1, -0.05) is 53.3 Å². The van der Waals surface area contributed by atoms with E-state index in [9.17, 15) is 9.59 Å². The Bertz CT molecular complexity index is 1370. The summed E-state index contributed by atoms with van der Waals surface area (Å²) in [4.78, 5) is 31.1. The fourth-order valence-electron chi connectivity index (χ4n) is 3.53. The van der Waals surface area contributed by atoms with E-state index in [1.165, 1.54) is 23.0 Å². The predicted molar refractivity (Wildman–Crippen MR) is 120 cm³/mol. The molecule has 4 rings (SSSR count). The first-order valence-electron chi connectivity index (χ1n) is 9.44. The minimum Gasteiger partial charge on any atom is -0.497 e.